The first-order chi connectivity index (χ1) is 26.0. The van der Waals surface area contributed by atoms with Crippen LogP contribution in [0.5, 0.6) is 0 Å². The van der Waals surface area contributed by atoms with E-state index in [1.165, 1.54) is 0 Å². The van der Waals surface area contributed by atoms with Crippen LogP contribution >= 0.6 is 0 Å². The van der Waals surface area contributed by atoms with Gasteiger partial charge in [0.2, 0.25) is 0 Å². The van der Waals surface area contributed by atoms with Crippen molar-refractivity contribution >= 4 is 5.97 Å². The Morgan fingerprint density at radius 3 is 1.75 bits per heavy atom. The number of hydrogen-bond acceptors (Lipinski definition) is 17. The fourth-order valence-corrected chi connectivity index (χ4v) is 10.6. The molecule has 6 fully saturated rings. The quantitative estimate of drug-likeness (QED) is 0.102. The van der Waals surface area contributed by atoms with Crippen LogP contribution in [0.1, 0.15) is 65.2 Å². The molecule has 3 aliphatic heterocycles. The fraction of sp³-hybridized carbons (Fsp3) is 0.919. The molecule has 18 nitrogen and oxygen atoms in total. The van der Waals surface area contributed by atoms with Crippen molar-refractivity contribution < 1.29 is 89.4 Å². The topological polar surface area (TPSA) is 295 Å². The smallest absolute Gasteiger partial charge is 0.309 e. The molecular formula is C37H60O18. The number of hydrogen-bond donors (Lipinski definition) is 11. The van der Waals surface area contributed by atoms with Gasteiger partial charge in [-0.05, 0) is 80.6 Å². The highest BCUT2D eigenvalue weighted by molar-refractivity contribution is 5.75. The first-order valence-corrected chi connectivity index (χ1v) is 19.4. The van der Waals surface area contributed by atoms with Crippen molar-refractivity contribution in [1.29, 1.82) is 0 Å². The van der Waals surface area contributed by atoms with E-state index < -0.39 is 129 Å². The molecule has 3 saturated carbocycles. The Balaban J connectivity index is 1.29. The number of carboxylic acids is 1. The van der Waals surface area contributed by atoms with Crippen molar-refractivity contribution in [2.75, 3.05) is 19.8 Å². The van der Waals surface area contributed by atoms with Crippen molar-refractivity contribution in [3.63, 3.8) is 0 Å². The van der Waals surface area contributed by atoms with E-state index in [9.17, 15) is 61.0 Å². The minimum absolute atomic E-state index is 0.0108. The molecule has 0 spiro atoms. The molecule has 3 aliphatic carbocycles. The summed E-state index contributed by atoms with van der Waals surface area (Å²) in [5.74, 6) is -0.412. The average Bonchev–Trinajstić information content (AvgIpc) is 3.32. The summed E-state index contributed by atoms with van der Waals surface area (Å²) in [5.41, 5.74) is -0.353. The van der Waals surface area contributed by atoms with Crippen molar-refractivity contribution in [3.05, 3.63) is 12.2 Å². The van der Waals surface area contributed by atoms with Crippen LogP contribution in [-0.4, -0.2) is 180 Å². The molecule has 6 rings (SSSR count). The third kappa shape index (κ3) is 7.89. The van der Waals surface area contributed by atoms with Crippen molar-refractivity contribution in [3.8, 4) is 0 Å². The van der Waals surface area contributed by atoms with E-state index in [0.717, 1.165) is 31.3 Å². The monoisotopic (exact) mass is 792 g/mol. The number of aliphatic carboxylic acids is 1. The maximum atomic E-state index is 12.6. The number of carboxylic acid groups (broad SMARTS) is 1. The molecule has 316 valence electrons. The van der Waals surface area contributed by atoms with E-state index in [0.29, 0.717) is 25.7 Å². The Morgan fingerprint density at radius 2 is 1.20 bits per heavy atom. The fourth-order valence-electron chi connectivity index (χ4n) is 10.6. The second-order valence-corrected chi connectivity index (χ2v) is 17.0. The van der Waals surface area contributed by atoms with Gasteiger partial charge in [0.25, 0.3) is 0 Å². The van der Waals surface area contributed by atoms with Crippen LogP contribution in [0, 0.1) is 28.6 Å². The summed E-state index contributed by atoms with van der Waals surface area (Å²) in [4.78, 5) is 12.6. The van der Waals surface area contributed by atoms with Crippen molar-refractivity contribution in [2.24, 2.45) is 28.6 Å². The lowest BCUT2D eigenvalue weighted by atomic mass is 9.45. The summed E-state index contributed by atoms with van der Waals surface area (Å²) in [6.07, 6.45) is -20.5. The van der Waals surface area contributed by atoms with E-state index in [1.54, 1.807) is 0 Å². The van der Waals surface area contributed by atoms with Gasteiger partial charge in [-0.25, -0.2) is 0 Å². The highest BCUT2D eigenvalue weighted by Crippen LogP contribution is 2.63. The largest absolute Gasteiger partial charge is 0.481 e. The van der Waals surface area contributed by atoms with E-state index >= 15 is 0 Å². The predicted octanol–water partition coefficient (Wildman–Crippen LogP) is -2.52. The lowest BCUT2D eigenvalue weighted by Gasteiger charge is -2.58. The number of rotatable bonds is 10. The molecule has 18 unspecified atom stereocenters. The highest BCUT2D eigenvalue weighted by Gasteiger charge is 2.60. The highest BCUT2D eigenvalue weighted by atomic mass is 16.8. The molecule has 3 heterocycles. The minimum Gasteiger partial charge on any atom is -0.481 e. The van der Waals surface area contributed by atoms with E-state index in [1.807, 2.05) is 6.92 Å². The Morgan fingerprint density at radius 1 is 0.673 bits per heavy atom. The maximum absolute atomic E-state index is 12.6. The van der Waals surface area contributed by atoms with Crippen molar-refractivity contribution in [1.82, 2.24) is 0 Å². The second-order valence-electron chi connectivity index (χ2n) is 17.0. The molecule has 6 aliphatic rings. The first kappa shape index (κ1) is 43.2. The molecule has 11 N–H and O–H groups in total. The number of aliphatic hydroxyl groups is 10. The maximum Gasteiger partial charge on any atom is 0.309 e. The Labute approximate surface area is 319 Å². The number of fused-ring (bicyclic) bond motifs is 3. The SMILES string of the molecule is C=C1CC2CCC3[C@](C)(C(=O)O)CCC[C@@]3(C)[C@@H]2CCC1OC1OC(CO)C(O)C(OC2OC(CO)C(O)C(O)C2O)C1OC1OC(CO)C(O)C(O)C1O. The number of aliphatic hydroxyl groups excluding tert-OH is 10. The van der Waals surface area contributed by atoms with Gasteiger partial charge in [0.15, 0.2) is 18.9 Å². The molecule has 0 aromatic rings. The predicted molar refractivity (Wildman–Crippen MR) is 184 cm³/mol. The summed E-state index contributed by atoms with van der Waals surface area (Å²) in [6, 6.07) is 0. The van der Waals surface area contributed by atoms with E-state index in [-0.39, 0.29) is 23.2 Å². The molecule has 0 aromatic carbocycles. The lowest BCUT2D eigenvalue weighted by molar-refractivity contribution is -0.394. The van der Waals surface area contributed by atoms with Crippen LogP contribution in [0.15, 0.2) is 12.2 Å². The summed E-state index contributed by atoms with van der Waals surface area (Å²) in [6.45, 7) is 6.13. The molecule has 18 heteroatoms. The Bertz CT molecular complexity index is 1330. The molecule has 0 radical (unpaired) electrons. The van der Waals surface area contributed by atoms with Gasteiger partial charge in [-0.15, -0.1) is 0 Å². The van der Waals surface area contributed by atoms with Gasteiger partial charge in [-0.3, -0.25) is 4.79 Å². The van der Waals surface area contributed by atoms with Crippen LogP contribution in [0.2, 0.25) is 0 Å². The molecule has 21 atom stereocenters. The second kappa shape index (κ2) is 17.0. The lowest BCUT2D eigenvalue weighted by Crippen LogP contribution is -2.67. The average molecular weight is 793 g/mol. The minimum atomic E-state index is -1.91. The van der Waals surface area contributed by atoms with Gasteiger partial charge in [0.1, 0.15) is 73.2 Å². The van der Waals surface area contributed by atoms with Gasteiger partial charge >= 0.3 is 5.97 Å². The molecule has 0 aromatic heterocycles. The van der Waals surface area contributed by atoms with E-state index in [4.69, 9.17) is 28.4 Å². The number of ether oxygens (including phenoxy) is 6. The Hall–Kier alpha value is -1.43. The first-order valence-electron chi connectivity index (χ1n) is 19.4. The normalized spacial score (nSPS) is 52.1. The van der Waals surface area contributed by atoms with Crippen LogP contribution in [0.4, 0.5) is 0 Å². The van der Waals surface area contributed by atoms with Gasteiger partial charge in [-0.2, -0.15) is 0 Å². The summed E-state index contributed by atoms with van der Waals surface area (Å²) in [7, 11) is 0. The van der Waals surface area contributed by atoms with E-state index in [2.05, 4.69) is 13.5 Å². The third-order valence-corrected chi connectivity index (χ3v) is 13.8. The van der Waals surface area contributed by atoms with Crippen LogP contribution in [0.25, 0.3) is 0 Å². The van der Waals surface area contributed by atoms with Crippen LogP contribution < -0.4 is 0 Å². The summed E-state index contributed by atoms with van der Waals surface area (Å²) >= 11 is 0. The van der Waals surface area contributed by atoms with Crippen LogP contribution in [-0.2, 0) is 33.2 Å². The molecule has 3 saturated heterocycles. The molecule has 0 amide bonds. The zero-order valence-corrected chi connectivity index (χ0v) is 31.2. The van der Waals surface area contributed by atoms with Gasteiger partial charge < -0.3 is 84.6 Å². The zero-order valence-electron chi connectivity index (χ0n) is 31.2. The molecule has 55 heavy (non-hydrogen) atoms. The standard InChI is InChI=1S/C37H60O18/c1-15-11-16-5-8-22-36(2,9-4-10-37(22,3)35(48)49)17(16)6-7-18(15)50-34-31(55-33-29(47)27(45)24(42)20(13-39)52-33)30(25(43)21(14-40)53-34)54-32-28(46)26(44)23(41)19(12-38)51-32/h16-34,38-47H,1,4-14H2,2-3H3,(H,48,49)/t16?,17-,18?,19?,20?,21?,22?,23?,24?,25?,26?,27?,28?,29?,30?,31?,32?,33?,34?,36+,37-/m1/s1. The Kier molecular flexibility index (Phi) is 13.4. The summed E-state index contributed by atoms with van der Waals surface area (Å²) in [5, 5.41) is 115. The zero-order chi connectivity index (χ0) is 40.1. The number of carbonyl (C=O) groups is 1. The summed E-state index contributed by atoms with van der Waals surface area (Å²) < 4.78 is 36.0. The van der Waals surface area contributed by atoms with Gasteiger partial charge in [-0.1, -0.05) is 19.9 Å². The molecule has 0 bridgehead atoms. The molecular weight excluding hydrogens is 732 g/mol. The van der Waals surface area contributed by atoms with Gasteiger partial charge in [0, 0.05) is 0 Å². The third-order valence-electron chi connectivity index (χ3n) is 13.8. The van der Waals surface area contributed by atoms with Gasteiger partial charge in [0.05, 0.1) is 31.3 Å². The van der Waals surface area contributed by atoms with Crippen LogP contribution in [0.3, 0.4) is 0 Å². The van der Waals surface area contributed by atoms with Crippen molar-refractivity contribution in [2.45, 2.75) is 163 Å².